The quantitative estimate of drug-likeness (QED) is 0.713. The van der Waals surface area contributed by atoms with Crippen LogP contribution in [0.15, 0.2) is 0 Å². The predicted octanol–water partition coefficient (Wildman–Crippen LogP) is 1.61. The maximum Gasteiger partial charge on any atom is 0.0220 e. The van der Waals surface area contributed by atoms with Crippen molar-refractivity contribution in [2.24, 2.45) is 0 Å². The molecule has 1 aliphatic carbocycles. The van der Waals surface area contributed by atoms with Gasteiger partial charge in [-0.25, -0.2) is 0 Å². The second-order valence-electron chi connectivity index (χ2n) is 4.69. The van der Waals surface area contributed by atoms with Gasteiger partial charge in [0.1, 0.15) is 0 Å². The Balaban J connectivity index is 1.82. The number of piperidine rings is 1. The smallest absolute Gasteiger partial charge is 0.0220 e. The van der Waals surface area contributed by atoms with Gasteiger partial charge in [0.25, 0.3) is 0 Å². The van der Waals surface area contributed by atoms with E-state index in [0.29, 0.717) is 0 Å². The summed E-state index contributed by atoms with van der Waals surface area (Å²) < 4.78 is 0. The topological polar surface area (TPSA) is 15.3 Å². The molecule has 1 aliphatic heterocycles. The van der Waals surface area contributed by atoms with Crippen LogP contribution in [0.3, 0.4) is 0 Å². The number of likely N-dealkylation sites (N-methyl/N-ethyl adjacent to an activating group) is 1. The van der Waals surface area contributed by atoms with Crippen LogP contribution in [0.25, 0.3) is 0 Å². The van der Waals surface area contributed by atoms with Crippen molar-refractivity contribution in [3.8, 4) is 0 Å². The highest BCUT2D eigenvalue weighted by Gasteiger charge is 2.32. The number of hydrogen-bond donors (Lipinski definition) is 1. The van der Waals surface area contributed by atoms with E-state index in [2.05, 4.69) is 24.2 Å². The Kier molecular flexibility index (Phi) is 2.89. The number of nitrogens with zero attached hydrogens (tertiary/aromatic N) is 1. The third-order valence-electron chi connectivity index (χ3n) is 3.70. The zero-order chi connectivity index (χ0) is 9.26. The molecular weight excluding hydrogens is 160 g/mol. The van der Waals surface area contributed by atoms with E-state index in [0.717, 1.165) is 18.1 Å². The molecule has 0 amide bonds. The summed E-state index contributed by atoms with van der Waals surface area (Å²) in [6, 6.07) is 2.38. The molecule has 1 N–H and O–H groups in total. The minimum absolute atomic E-state index is 0.729. The lowest BCUT2D eigenvalue weighted by Gasteiger charge is -2.35. The molecule has 2 unspecified atom stereocenters. The van der Waals surface area contributed by atoms with Gasteiger partial charge in [-0.2, -0.15) is 0 Å². The molecule has 2 atom stereocenters. The van der Waals surface area contributed by atoms with Crippen LogP contribution in [0.1, 0.15) is 39.0 Å². The predicted molar refractivity (Wildman–Crippen MR) is 55.9 cm³/mol. The van der Waals surface area contributed by atoms with Crippen LogP contribution in [0.2, 0.25) is 0 Å². The summed E-state index contributed by atoms with van der Waals surface area (Å²) in [6.07, 6.45) is 7.01. The second kappa shape index (κ2) is 3.97. The molecule has 0 aromatic heterocycles. The molecule has 1 saturated heterocycles. The molecule has 0 spiro atoms. The Morgan fingerprint density at radius 2 is 2.00 bits per heavy atom. The van der Waals surface area contributed by atoms with Crippen molar-refractivity contribution in [1.82, 2.24) is 10.2 Å². The van der Waals surface area contributed by atoms with Gasteiger partial charge < -0.3 is 5.32 Å². The maximum atomic E-state index is 3.64. The monoisotopic (exact) mass is 182 g/mol. The Morgan fingerprint density at radius 1 is 1.23 bits per heavy atom. The van der Waals surface area contributed by atoms with Gasteiger partial charge in [-0.05, 0) is 46.2 Å². The largest absolute Gasteiger partial charge is 0.312 e. The van der Waals surface area contributed by atoms with Gasteiger partial charge in [0.2, 0.25) is 0 Å². The fourth-order valence-electron chi connectivity index (χ4n) is 2.39. The maximum absolute atomic E-state index is 3.64. The molecule has 0 bridgehead atoms. The molecule has 2 aliphatic rings. The minimum atomic E-state index is 0.729. The van der Waals surface area contributed by atoms with E-state index in [9.17, 15) is 0 Å². The van der Waals surface area contributed by atoms with E-state index in [1.54, 1.807) is 0 Å². The lowest BCUT2D eigenvalue weighted by molar-refractivity contribution is 0.179. The summed E-state index contributed by atoms with van der Waals surface area (Å²) >= 11 is 0. The lowest BCUT2D eigenvalue weighted by Crippen LogP contribution is -2.49. The first-order chi connectivity index (χ1) is 6.29. The van der Waals surface area contributed by atoms with E-state index >= 15 is 0 Å². The van der Waals surface area contributed by atoms with Crippen LogP contribution in [-0.4, -0.2) is 36.6 Å². The zero-order valence-corrected chi connectivity index (χ0v) is 8.92. The summed E-state index contributed by atoms with van der Waals surface area (Å²) in [5.74, 6) is 0. The molecule has 2 nitrogen and oxygen atoms in total. The first kappa shape index (κ1) is 9.47. The highest BCUT2D eigenvalue weighted by Crippen LogP contribution is 2.28. The number of rotatable bonds is 3. The van der Waals surface area contributed by atoms with Crippen molar-refractivity contribution >= 4 is 0 Å². The van der Waals surface area contributed by atoms with E-state index in [1.165, 1.54) is 38.6 Å². The van der Waals surface area contributed by atoms with Crippen molar-refractivity contribution in [2.75, 3.05) is 13.6 Å². The normalized spacial score (nSPS) is 32.1. The van der Waals surface area contributed by atoms with Gasteiger partial charge in [-0.1, -0.05) is 6.42 Å². The average Bonchev–Trinajstić information content (AvgIpc) is 3.00. The fraction of sp³-hybridized carbons (Fsp3) is 1.00. The highest BCUT2D eigenvalue weighted by molar-refractivity contribution is 4.90. The zero-order valence-electron chi connectivity index (χ0n) is 8.92. The molecule has 2 fully saturated rings. The molecular formula is C11H22N2. The van der Waals surface area contributed by atoms with Crippen molar-refractivity contribution in [3.05, 3.63) is 0 Å². The third kappa shape index (κ3) is 2.23. The van der Waals surface area contributed by atoms with Gasteiger partial charge in [-0.3, -0.25) is 4.90 Å². The minimum Gasteiger partial charge on any atom is -0.312 e. The summed E-state index contributed by atoms with van der Waals surface area (Å²) in [4.78, 5) is 2.57. The van der Waals surface area contributed by atoms with Gasteiger partial charge in [0, 0.05) is 18.1 Å². The molecule has 0 aromatic rings. The standard InChI is InChI=1S/C11H22N2/c1-9(13(2)10-6-7-10)11-5-3-4-8-12-11/h9-12H,3-8H2,1-2H3. The van der Waals surface area contributed by atoms with E-state index in [-0.39, 0.29) is 0 Å². The Hall–Kier alpha value is -0.0800. The molecule has 76 valence electrons. The van der Waals surface area contributed by atoms with Crippen LogP contribution in [0, 0.1) is 0 Å². The molecule has 1 heterocycles. The molecule has 2 rings (SSSR count). The highest BCUT2D eigenvalue weighted by atomic mass is 15.2. The SMILES string of the molecule is CC(C1CCCCN1)N(C)C1CC1. The molecule has 1 saturated carbocycles. The van der Waals surface area contributed by atoms with Crippen LogP contribution in [-0.2, 0) is 0 Å². The first-order valence-electron chi connectivity index (χ1n) is 5.74. The average molecular weight is 182 g/mol. The van der Waals surface area contributed by atoms with Gasteiger partial charge >= 0.3 is 0 Å². The van der Waals surface area contributed by atoms with Crippen LogP contribution < -0.4 is 5.32 Å². The van der Waals surface area contributed by atoms with Crippen molar-refractivity contribution in [2.45, 2.75) is 57.2 Å². The number of nitrogens with one attached hydrogen (secondary N) is 1. The van der Waals surface area contributed by atoms with Crippen LogP contribution >= 0.6 is 0 Å². The van der Waals surface area contributed by atoms with E-state index < -0.39 is 0 Å². The van der Waals surface area contributed by atoms with Crippen molar-refractivity contribution < 1.29 is 0 Å². The van der Waals surface area contributed by atoms with Gasteiger partial charge in [0.05, 0.1) is 0 Å². The van der Waals surface area contributed by atoms with E-state index in [1.807, 2.05) is 0 Å². The first-order valence-corrected chi connectivity index (χ1v) is 5.74. The Morgan fingerprint density at radius 3 is 2.54 bits per heavy atom. The van der Waals surface area contributed by atoms with E-state index in [4.69, 9.17) is 0 Å². The van der Waals surface area contributed by atoms with Crippen LogP contribution in [0.5, 0.6) is 0 Å². The second-order valence-corrected chi connectivity index (χ2v) is 4.69. The summed E-state index contributed by atoms with van der Waals surface area (Å²) in [7, 11) is 2.29. The Labute approximate surface area is 81.7 Å². The van der Waals surface area contributed by atoms with Crippen LogP contribution in [0.4, 0.5) is 0 Å². The van der Waals surface area contributed by atoms with Crippen molar-refractivity contribution in [3.63, 3.8) is 0 Å². The molecule has 0 aromatic carbocycles. The summed E-state index contributed by atoms with van der Waals surface area (Å²) in [6.45, 7) is 3.61. The molecule has 13 heavy (non-hydrogen) atoms. The number of hydrogen-bond acceptors (Lipinski definition) is 2. The van der Waals surface area contributed by atoms with Gasteiger partial charge in [0.15, 0.2) is 0 Å². The third-order valence-corrected chi connectivity index (χ3v) is 3.70. The fourth-order valence-corrected chi connectivity index (χ4v) is 2.39. The molecule has 2 heteroatoms. The lowest BCUT2D eigenvalue weighted by atomic mass is 9.98. The van der Waals surface area contributed by atoms with Crippen molar-refractivity contribution in [1.29, 1.82) is 0 Å². The summed E-state index contributed by atoms with van der Waals surface area (Å²) in [5, 5.41) is 3.64. The Bertz CT molecular complexity index is 159. The van der Waals surface area contributed by atoms with Gasteiger partial charge in [-0.15, -0.1) is 0 Å². The molecule has 0 radical (unpaired) electrons. The summed E-state index contributed by atoms with van der Waals surface area (Å²) in [5.41, 5.74) is 0.